The number of anilines is 1. The summed E-state index contributed by atoms with van der Waals surface area (Å²) in [5, 5.41) is 0.757. The Bertz CT molecular complexity index is 908. The minimum absolute atomic E-state index is 0.0382. The number of hydrogen-bond acceptors (Lipinski definition) is 3. The zero-order valence-corrected chi connectivity index (χ0v) is 21.0. The lowest BCUT2D eigenvalue weighted by atomic mass is 10.1. The second-order valence-corrected chi connectivity index (χ2v) is 9.62. The minimum atomic E-state index is -0.119. The van der Waals surface area contributed by atoms with Gasteiger partial charge in [0.1, 0.15) is 5.88 Å². The van der Waals surface area contributed by atoms with E-state index in [9.17, 15) is 9.59 Å². The van der Waals surface area contributed by atoms with Crippen molar-refractivity contribution in [3.8, 4) is 0 Å². The van der Waals surface area contributed by atoms with E-state index in [0.717, 1.165) is 43.2 Å². The second-order valence-electron chi connectivity index (χ2n) is 8.92. The Hall–Kier alpha value is -2.08. The van der Waals surface area contributed by atoms with Gasteiger partial charge in [-0.3, -0.25) is 14.5 Å². The molecule has 0 radical (unpaired) electrons. The fourth-order valence-electron chi connectivity index (χ4n) is 3.94. The molecule has 2 aromatic rings. The highest BCUT2D eigenvalue weighted by atomic mass is 35.5. The SMILES string of the molecule is CC(C)CCN(C(=O)CCl)c1ccc(C(=O)N2CCN(CCc3ccc(Cl)cc3)CC2)cc1. The number of nitrogens with zero attached hydrogens (tertiary/aromatic N) is 3. The lowest BCUT2D eigenvalue weighted by Gasteiger charge is -2.35. The van der Waals surface area contributed by atoms with E-state index in [2.05, 4.69) is 30.9 Å². The third-order valence-electron chi connectivity index (χ3n) is 6.06. The number of amides is 2. The minimum Gasteiger partial charge on any atom is -0.336 e. The van der Waals surface area contributed by atoms with Gasteiger partial charge in [-0.25, -0.2) is 0 Å². The Morgan fingerprint density at radius 3 is 2.18 bits per heavy atom. The molecule has 0 aliphatic carbocycles. The van der Waals surface area contributed by atoms with Crippen molar-refractivity contribution in [3.63, 3.8) is 0 Å². The van der Waals surface area contributed by atoms with Crippen molar-refractivity contribution in [1.29, 1.82) is 0 Å². The predicted molar refractivity (Wildman–Crippen MR) is 136 cm³/mol. The summed E-state index contributed by atoms with van der Waals surface area (Å²) in [6.45, 7) is 9.01. The predicted octanol–water partition coefficient (Wildman–Crippen LogP) is 4.96. The van der Waals surface area contributed by atoms with Crippen LogP contribution in [0.4, 0.5) is 5.69 Å². The molecule has 0 aromatic heterocycles. The fraction of sp³-hybridized carbons (Fsp3) is 0.462. The van der Waals surface area contributed by atoms with Gasteiger partial charge in [-0.1, -0.05) is 37.6 Å². The Morgan fingerprint density at radius 1 is 0.970 bits per heavy atom. The first kappa shape index (κ1) is 25.5. The molecule has 1 saturated heterocycles. The van der Waals surface area contributed by atoms with Gasteiger partial charge in [0, 0.05) is 55.5 Å². The average molecular weight is 490 g/mol. The molecule has 1 fully saturated rings. The monoisotopic (exact) mass is 489 g/mol. The third-order valence-corrected chi connectivity index (χ3v) is 6.54. The molecule has 0 unspecified atom stereocenters. The van der Waals surface area contributed by atoms with E-state index in [1.54, 1.807) is 4.90 Å². The van der Waals surface area contributed by atoms with E-state index in [4.69, 9.17) is 23.2 Å². The van der Waals surface area contributed by atoms with E-state index >= 15 is 0 Å². The number of carbonyl (C=O) groups is 2. The van der Waals surface area contributed by atoms with Crippen LogP contribution in [0, 0.1) is 5.92 Å². The summed E-state index contributed by atoms with van der Waals surface area (Å²) in [5.41, 5.74) is 2.70. The Balaban J connectivity index is 1.52. The standard InChI is InChI=1S/C26H33Cl2N3O2/c1-20(2)11-14-31(25(32)19-27)24-9-5-22(6-10-24)26(33)30-17-15-29(16-18-30)13-12-21-3-7-23(28)8-4-21/h3-10,20H,11-19H2,1-2H3. The van der Waals surface area contributed by atoms with Gasteiger partial charge in [0.25, 0.3) is 5.91 Å². The van der Waals surface area contributed by atoms with Crippen molar-refractivity contribution in [2.75, 3.05) is 50.0 Å². The maximum absolute atomic E-state index is 13.0. The first-order valence-electron chi connectivity index (χ1n) is 11.6. The number of piperazine rings is 1. The Kier molecular flexibility index (Phi) is 9.60. The molecule has 0 bridgehead atoms. The summed E-state index contributed by atoms with van der Waals surface area (Å²) >= 11 is 11.8. The van der Waals surface area contributed by atoms with Gasteiger partial charge in [-0.05, 0) is 60.7 Å². The zero-order chi connectivity index (χ0) is 23.8. The average Bonchev–Trinajstić information content (AvgIpc) is 2.83. The maximum atomic E-state index is 13.0. The highest BCUT2D eigenvalue weighted by Gasteiger charge is 2.22. The van der Waals surface area contributed by atoms with Crippen LogP contribution in [0.25, 0.3) is 0 Å². The molecular weight excluding hydrogens is 457 g/mol. The molecule has 33 heavy (non-hydrogen) atoms. The van der Waals surface area contributed by atoms with E-state index in [1.165, 1.54) is 5.56 Å². The molecule has 1 aliphatic heterocycles. The Morgan fingerprint density at radius 2 is 1.61 bits per heavy atom. The molecule has 2 amide bonds. The summed E-state index contributed by atoms with van der Waals surface area (Å²) in [4.78, 5) is 31.3. The lowest BCUT2D eigenvalue weighted by Crippen LogP contribution is -2.49. The maximum Gasteiger partial charge on any atom is 0.253 e. The Labute approximate surface area is 207 Å². The topological polar surface area (TPSA) is 43.9 Å². The number of benzene rings is 2. The van der Waals surface area contributed by atoms with Crippen LogP contribution in [0.15, 0.2) is 48.5 Å². The molecule has 0 spiro atoms. The van der Waals surface area contributed by atoms with Crippen molar-refractivity contribution in [1.82, 2.24) is 9.80 Å². The molecule has 0 N–H and O–H groups in total. The summed E-state index contributed by atoms with van der Waals surface area (Å²) < 4.78 is 0. The normalized spacial score (nSPS) is 14.5. The summed E-state index contributed by atoms with van der Waals surface area (Å²) in [6, 6.07) is 15.3. The highest BCUT2D eigenvalue weighted by molar-refractivity contribution is 6.30. The third kappa shape index (κ3) is 7.46. The summed E-state index contributed by atoms with van der Waals surface area (Å²) in [6.07, 6.45) is 1.87. The van der Waals surface area contributed by atoms with E-state index in [-0.39, 0.29) is 17.7 Å². The van der Waals surface area contributed by atoms with E-state index in [0.29, 0.717) is 31.1 Å². The molecule has 7 heteroatoms. The number of alkyl halides is 1. The smallest absolute Gasteiger partial charge is 0.253 e. The summed E-state index contributed by atoms with van der Waals surface area (Å²) in [5.74, 6) is 0.352. The van der Waals surface area contributed by atoms with Crippen molar-refractivity contribution < 1.29 is 9.59 Å². The summed E-state index contributed by atoms with van der Waals surface area (Å²) in [7, 11) is 0. The number of rotatable bonds is 9. The van der Waals surface area contributed by atoms with Crippen LogP contribution in [0.5, 0.6) is 0 Å². The van der Waals surface area contributed by atoms with Gasteiger partial charge in [0.05, 0.1) is 0 Å². The van der Waals surface area contributed by atoms with E-state index in [1.807, 2.05) is 41.3 Å². The van der Waals surface area contributed by atoms with Crippen LogP contribution in [0.3, 0.4) is 0 Å². The number of hydrogen-bond donors (Lipinski definition) is 0. The molecule has 1 heterocycles. The van der Waals surface area contributed by atoms with Crippen LogP contribution in [0.1, 0.15) is 36.2 Å². The van der Waals surface area contributed by atoms with Gasteiger partial charge < -0.3 is 9.80 Å². The van der Waals surface area contributed by atoms with Gasteiger partial charge >= 0.3 is 0 Å². The molecule has 178 valence electrons. The van der Waals surface area contributed by atoms with Crippen LogP contribution >= 0.6 is 23.2 Å². The highest BCUT2D eigenvalue weighted by Crippen LogP contribution is 2.19. The van der Waals surface area contributed by atoms with Crippen LogP contribution in [-0.2, 0) is 11.2 Å². The van der Waals surface area contributed by atoms with Crippen molar-refractivity contribution in [3.05, 3.63) is 64.7 Å². The van der Waals surface area contributed by atoms with Crippen LogP contribution < -0.4 is 4.90 Å². The van der Waals surface area contributed by atoms with Gasteiger partial charge in [-0.2, -0.15) is 0 Å². The zero-order valence-electron chi connectivity index (χ0n) is 19.5. The van der Waals surface area contributed by atoms with E-state index < -0.39 is 0 Å². The molecule has 3 rings (SSSR count). The number of carbonyl (C=O) groups excluding carboxylic acids is 2. The molecule has 0 atom stereocenters. The second kappa shape index (κ2) is 12.4. The molecule has 2 aromatic carbocycles. The van der Waals surface area contributed by atoms with Crippen molar-refractivity contribution in [2.24, 2.45) is 5.92 Å². The van der Waals surface area contributed by atoms with Gasteiger partial charge in [0.15, 0.2) is 0 Å². The van der Waals surface area contributed by atoms with Gasteiger partial charge in [0.2, 0.25) is 5.91 Å². The number of halogens is 2. The van der Waals surface area contributed by atoms with Crippen molar-refractivity contribution >= 4 is 40.7 Å². The molecule has 1 aliphatic rings. The molecular formula is C26H33Cl2N3O2. The first-order valence-corrected chi connectivity index (χ1v) is 12.5. The molecule has 0 saturated carbocycles. The largest absolute Gasteiger partial charge is 0.336 e. The van der Waals surface area contributed by atoms with Crippen LogP contribution in [-0.4, -0.2) is 66.8 Å². The fourth-order valence-corrected chi connectivity index (χ4v) is 4.21. The first-order chi connectivity index (χ1) is 15.9. The quantitative estimate of drug-likeness (QED) is 0.467. The van der Waals surface area contributed by atoms with Crippen molar-refractivity contribution in [2.45, 2.75) is 26.7 Å². The molecule has 5 nitrogen and oxygen atoms in total. The van der Waals surface area contributed by atoms with Gasteiger partial charge in [-0.15, -0.1) is 11.6 Å². The lowest BCUT2D eigenvalue weighted by molar-refractivity contribution is -0.116. The van der Waals surface area contributed by atoms with Crippen LogP contribution in [0.2, 0.25) is 5.02 Å².